The predicted octanol–water partition coefficient (Wildman–Crippen LogP) is 1.50. The zero-order valence-corrected chi connectivity index (χ0v) is 9.43. The van der Waals surface area contributed by atoms with Crippen LogP contribution in [0.5, 0.6) is 0 Å². The number of hydrogen-bond donors (Lipinski definition) is 0. The zero-order chi connectivity index (χ0) is 9.56. The molecule has 0 saturated carbocycles. The van der Waals surface area contributed by atoms with Crippen LogP contribution < -0.4 is 0 Å². The first-order chi connectivity index (χ1) is 5.52. The Labute approximate surface area is 81.5 Å². The largest absolute Gasteiger partial charge is 0.309 e. The van der Waals surface area contributed by atoms with Crippen LogP contribution in [0.3, 0.4) is 0 Å². The Balaban J connectivity index is 3.25. The summed E-state index contributed by atoms with van der Waals surface area (Å²) in [6, 6.07) is 0. The van der Waals surface area contributed by atoms with Gasteiger partial charge < -0.3 is 9.80 Å². The standard InChI is InChI=1S/C9H21ClN2/c1-9(10)8-12(4)7-5-6-11(2)3/h9H,5-8H2,1-4H3. The van der Waals surface area contributed by atoms with Crippen LogP contribution in [0.15, 0.2) is 0 Å². The number of halogens is 1. The summed E-state index contributed by atoms with van der Waals surface area (Å²) in [6.45, 7) is 5.30. The predicted molar refractivity (Wildman–Crippen MR) is 56.0 cm³/mol. The van der Waals surface area contributed by atoms with Crippen LogP contribution in [-0.4, -0.2) is 56.0 Å². The summed E-state index contributed by atoms with van der Waals surface area (Å²) < 4.78 is 0. The van der Waals surface area contributed by atoms with Crippen molar-refractivity contribution in [3.63, 3.8) is 0 Å². The van der Waals surface area contributed by atoms with E-state index in [1.807, 2.05) is 6.92 Å². The van der Waals surface area contributed by atoms with Gasteiger partial charge in [0, 0.05) is 11.9 Å². The quantitative estimate of drug-likeness (QED) is 0.589. The van der Waals surface area contributed by atoms with Crippen molar-refractivity contribution in [2.45, 2.75) is 18.7 Å². The summed E-state index contributed by atoms with van der Waals surface area (Å²) in [4.78, 5) is 4.49. The topological polar surface area (TPSA) is 6.48 Å². The van der Waals surface area contributed by atoms with E-state index in [4.69, 9.17) is 11.6 Å². The molecule has 3 heteroatoms. The van der Waals surface area contributed by atoms with Crippen LogP contribution in [0, 0.1) is 0 Å². The second-order valence-electron chi connectivity index (χ2n) is 3.70. The van der Waals surface area contributed by atoms with E-state index in [0.29, 0.717) is 0 Å². The fraction of sp³-hybridized carbons (Fsp3) is 1.00. The third kappa shape index (κ3) is 8.31. The van der Waals surface area contributed by atoms with Gasteiger partial charge in [0.05, 0.1) is 0 Å². The highest BCUT2D eigenvalue weighted by atomic mass is 35.5. The van der Waals surface area contributed by atoms with Crippen molar-refractivity contribution in [1.82, 2.24) is 9.80 Å². The van der Waals surface area contributed by atoms with E-state index in [0.717, 1.165) is 19.6 Å². The molecule has 0 spiro atoms. The van der Waals surface area contributed by atoms with Gasteiger partial charge in [-0.3, -0.25) is 0 Å². The molecule has 0 aliphatic heterocycles. The first kappa shape index (κ1) is 12.2. The molecule has 1 atom stereocenters. The Morgan fingerprint density at radius 3 is 2.17 bits per heavy atom. The monoisotopic (exact) mass is 192 g/mol. The van der Waals surface area contributed by atoms with Crippen molar-refractivity contribution >= 4 is 11.6 Å². The molecule has 0 fully saturated rings. The maximum atomic E-state index is 5.86. The van der Waals surface area contributed by atoms with Gasteiger partial charge in [0.2, 0.25) is 0 Å². The lowest BCUT2D eigenvalue weighted by atomic mass is 10.3. The summed E-state index contributed by atoms with van der Waals surface area (Å²) in [5.41, 5.74) is 0. The molecule has 0 heterocycles. The smallest absolute Gasteiger partial charge is 0.0434 e. The Hall–Kier alpha value is 0.210. The molecule has 12 heavy (non-hydrogen) atoms. The Morgan fingerprint density at radius 1 is 1.17 bits per heavy atom. The molecule has 1 unspecified atom stereocenters. The molecule has 0 aromatic heterocycles. The fourth-order valence-electron chi connectivity index (χ4n) is 1.18. The molecule has 0 aliphatic carbocycles. The van der Waals surface area contributed by atoms with Gasteiger partial charge in [0.15, 0.2) is 0 Å². The summed E-state index contributed by atoms with van der Waals surface area (Å²) in [7, 11) is 6.32. The third-order valence-corrected chi connectivity index (χ3v) is 1.85. The third-order valence-electron chi connectivity index (χ3n) is 1.71. The molecule has 0 aliphatic rings. The molecule has 0 aromatic carbocycles. The first-order valence-electron chi connectivity index (χ1n) is 4.49. The minimum Gasteiger partial charge on any atom is -0.309 e. The second kappa shape index (κ2) is 6.70. The van der Waals surface area contributed by atoms with Crippen molar-refractivity contribution in [2.24, 2.45) is 0 Å². The van der Waals surface area contributed by atoms with Gasteiger partial charge in [0.1, 0.15) is 0 Å². The van der Waals surface area contributed by atoms with Crippen molar-refractivity contribution < 1.29 is 0 Å². The molecule has 2 nitrogen and oxygen atoms in total. The molecular formula is C9H21ClN2. The summed E-state index contributed by atoms with van der Waals surface area (Å²) in [6.07, 6.45) is 1.22. The van der Waals surface area contributed by atoms with Crippen LogP contribution in [-0.2, 0) is 0 Å². The van der Waals surface area contributed by atoms with Gasteiger partial charge in [-0.05, 0) is 47.6 Å². The van der Waals surface area contributed by atoms with E-state index >= 15 is 0 Å². The van der Waals surface area contributed by atoms with E-state index in [1.54, 1.807) is 0 Å². The van der Waals surface area contributed by atoms with Gasteiger partial charge >= 0.3 is 0 Å². The van der Waals surface area contributed by atoms with Gasteiger partial charge in [-0.15, -0.1) is 11.6 Å². The summed E-state index contributed by atoms with van der Waals surface area (Å²) in [5, 5.41) is 0.259. The fourth-order valence-corrected chi connectivity index (χ4v) is 1.41. The lowest BCUT2D eigenvalue weighted by molar-refractivity contribution is 0.302. The minimum absolute atomic E-state index is 0.259. The van der Waals surface area contributed by atoms with Crippen molar-refractivity contribution in [3.05, 3.63) is 0 Å². The van der Waals surface area contributed by atoms with Crippen molar-refractivity contribution in [1.29, 1.82) is 0 Å². The molecule has 0 bridgehead atoms. The zero-order valence-electron chi connectivity index (χ0n) is 8.68. The van der Waals surface area contributed by atoms with E-state index in [-0.39, 0.29) is 5.38 Å². The molecule has 0 rings (SSSR count). The Morgan fingerprint density at radius 2 is 1.75 bits per heavy atom. The van der Waals surface area contributed by atoms with Crippen LogP contribution >= 0.6 is 11.6 Å². The number of hydrogen-bond acceptors (Lipinski definition) is 2. The lowest BCUT2D eigenvalue weighted by Crippen LogP contribution is -2.28. The number of nitrogens with zero attached hydrogens (tertiary/aromatic N) is 2. The van der Waals surface area contributed by atoms with Crippen LogP contribution in [0.25, 0.3) is 0 Å². The molecule has 74 valence electrons. The van der Waals surface area contributed by atoms with Crippen LogP contribution in [0.4, 0.5) is 0 Å². The number of rotatable bonds is 6. The number of alkyl halides is 1. The maximum Gasteiger partial charge on any atom is 0.0434 e. The lowest BCUT2D eigenvalue weighted by Gasteiger charge is -2.18. The van der Waals surface area contributed by atoms with Gasteiger partial charge in [-0.25, -0.2) is 0 Å². The minimum atomic E-state index is 0.259. The normalized spacial score (nSPS) is 14.2. The Kier molecular flexibility index (Phi) is 6.81. The van der Waals surface area contributed by atoms with Crippen LogP contribution in [0.1, 0.15) is 13.3 Å². The summed E-state index contributed by atoms with van der Waals surface area (Å²) in [5.74, 6) is 0. The van der Waals surface area contributed by atoms with E-state index < -0.39 is 0 Å². The van der Waals surface area contributed by atoms with Crippen molar-refractivity contribution in [3.8, 4) is 0 Å². The molecule has 0 N–H and O–H groups in total. The molecule has 0 amide bonds. The van der Waals surface area contributed by atoms with Gasteiger partial charge in [0.25, 0.3) is 0 Å². The average molecular weight is 193 g/mol. The van der Waals surface area contributed by atoms with Gasteiger partial charge in [-0.2, -0.15) is 0 Å². The Bertz CT molecular complexity index is 105. The molecule has 0 saturated heterocycles. The summed E-state index contributed by atoms with van der Waals surface area (Å²) >= 11 is 5.86. The highest BCUT2D eigenvalue weighted by molar-refractivity contribution is 6.20. The average Bonchev–Trinajstić information content (AvgIpc) is 1.84. The van der Waals surface area contributed by atoms with E-state index in [9.17, 15) is 0 Å². The van der Waals surface area contributed by atoms with Gasteiger partial charge in [-0.1, -0.05) is 0 Å². The molecule has 0 radical (unpaired) electrons. The molecular weight excluding hydrogens is 172 g/mol. The highest BCUT2D eigenvalue weighted by Crippen LogP contribution is 1.97. The highest BCUT2D eigenvalue weighted by Gasteiger charge is 2.02. The van der Waals surface area contributed by atoms with E-state index in [2.05, 4.69) is 30.9 Å². The SMILES string of the molecule is CC(Cl)CN(C)CCCN(C)C. The van der Waals surface area contributed by atoms with Crippen LogP contribution in [0.2, 0.25) is 0 Å². The van der Waals surface area contributed by atoms with Crippen molar-refractivity contribution in [2.75, 3.05) is 40.8 Å². The maximum absolute atomic E-state index is 5.86. The first-order valence-corrected chi connectivity index (χ1v) is 4.93. The molecule has 0 aromatic rings. The van der Waals surface area contributed by atoms with E-state index in [1.165, 1.54) is 6.42 Å². The second-order valence-corrected chi connectivity index (χ2v) is 4.44.